The van der Waals surface area contributed by atoms with Gasteiger partial charge in [0.25, 0.3) is 0 Å². The molecule has 29 heavy (non-hydrogen) atoms. The Hall–Kier alpha value is -3.39. The van der Waals surface area contributed by atoms with Crippen LogP contribution in [0, 0.1) is 6.92 Å². The molecule has 0 spiro atoms. The second-order valence-electron chi connectivity index (χ2n) is 6.22. The van der Waals surface area contributed by atoms with Crippen molar-refractivity contribution < 1.29 is 17.4 Å². The SMILES string of the molecule is CC=CNc1nc2ccccc2[n+](OS(=O)(=O)c2ccc(C)cc2)c1NC=CC. The highest BCUT2D eigenvalue weighted by molar-refractivity contribution is 7.86. The monoisotopic (exact) mass is 411 g/mol. The van der Waals surface area contributed by atoms with Crippen LogP contribution in [0.5, 0.6) is 0 Å². The van der Waals surface area contributed by atoms with Crippen molar-refractivity contribution in [2.75, 3.05) is 10.6 Å². The lowest BCUT2D eigenvalue weighted by atomic mass is 10.2. The van der Waals surface area contributed by atoms with E-state index in [4.69, 9.17) is 4.28 Å². The van der Waals surface area contributed by atoms with Crippen molar-refractivity contribution in [3.05, 3.63) is 78.6 Å². The molecule has 2 N–H and O–H groups in total. The third kappa shape index (κ3) is 4.55. The van der Waals surface area contributed by atoms with Crippen molar-refractivity contribution >= 4 is 32.8 Å². The summed E-state index contributed by atoms with van der Waals surface area (Å²) in [7, 11) is -4.08. The van der Waals surface area contributed by atoms with Crippen molar-refractivity contribution in [3.63, 3.8) is 0 Å². The fourth-order valence-corrected chi connectivity index (χ4v) is 3.50. The number of anilines is 2. The molecule has 0 unspecified atom stereocenters. The molecule has 0 aliphatic rings. The summed E-state index contributed by atoms with van der Waals surface area (Å²) >= 11 is 0. The molecule has 0 aliphatic carbocycles. The highest BCUT2D eigenvalue weighted by Gasteiger charge is 2.28. The Morgan fingerprint density at radius 2 is 1.62 bits per heavy atom. The van der Waals surface area contributed by atoms with Crippen molar-refractivity contribution in [1.29, 1.82) is 0 Å². The molecule has 0 bridgehead atoms. The highest BCUT2D eigenvalue weighted by Crippen LogP contribution is 2.21. The van der Waals surface area contributed by atoms with Gasteiger partial charge in [-0.3, -0.25) is 0 Å². The Kier molecular flexibility index (Phi) is 6.13. The van der Waals surface area contributed by atoms with E-state index in [0.717, 1.165) is 5.56 Å². The van der Waals surface area contributed by atoms with E-state index in [1.54, 1.807) is 48.8 Å². The fraction of sp³-hybridized carbons (Fsp3) is 0.143. The number of nitrogens with zero attached hydrogens (tertiary/aromatic N) is 2. The van der Waals surface area contributed by atoms with Gasteiger partial charge in [-0.1, -0.05) is 35.9 Å². The van der Waals surface area contributed by atoms with Crippen LogP contribution in [0.3, 0.4) is 0 Å². The Morgan fingerprint density at radius 1 is 0.966 bits per heavy atom. The van der Waals surface area contributed by atoms with Crippen molar-refractivity contribution in [2.24, 2.45) is 0 Å². The molecule has 3 rings (SSSR count). The van der Waals surface area contributed by atoms with Gasteiger partial charge in [0.05, 0.1) is 6.20 Å². The average molecular weight is 412 g/mol. The molecule has 2 aromatic carbocycles. The number of fused-ring (bicyclic) bond motifs is 1. The molecule has 0 radical (unpaired) electrons. The molecule has 0 aliphatic heterocycles. The van der Waals surface area contributed by atoms with Crippen LogP contribution in [0.15, 0.2) is 78.0 Å². The predicted octanol–water partition coefficient (Wildman–Crippen LogP) is 3.54. The van der Waals surface area contributed by atoms with Gasteiger partial charge in [0, 0.05) is 0 Å². The molecule has 0 saturated carbocycles. The summed E-state index contributed by atoms with van der Waals surface area (Å²) in [6.45, 7) is 5.59. The quantitative estimate of drug-likeness (QED) is 0.579. The lowest BCUT2D eigenvalue weighted by molar-refractivity contribution is -0.822. The van der Waals surface area contributed by atoms with E-state index < -0.39 is 10.1 Å². The molecule has 7 nitrogen and oxygen atoms in total. The lowest BCUT2D eigenvalue weighted by Crippen LogP contribution is -2.48. The summed E-state index contributed by atoms with van der Waals surface area (Å²) in [6.07, 6.45) is 6.97. The predicted molar refractivity (Wildman–Crippen MR) is 114 cm³/mol. The maximum atomic E-state index is 13.0. The second kappa shape index (κ2) is 8.74. The molecule has 8 heteroatoms. The fourth-order valence-electron chi connectivity index (χ4n) is 2.60. The topological polar surface area (TPSA) is 84.2 Å². The zero-order valence-corrected chi connectivity index (χ0v) is 17.3. The minimum Gasteiger partial charge on any atom is -0.340 e. The molecule has 0 amide bonds. The number of allylic oxidation sites excluding steroid dienone is 2. The standard InChI is InChI=1S/C21H22N4O3S/c1-4-14-22-20-21(23-15-5-2)25(19-9-7-6-8-18(19)24-20)28-29(26,27)17-12-10-16(3)11-13-17/h4-15H,1-3H3,(H,22,24)/p+1. The van der Waals surface area contributed by atoms with Crippen LogP contribution in [0.25, 0.3) is 11.0 Å². The maximum absolute atomic E-state index is 13.0. The first-order valence-electron chi connectivity index (χ1n) is 9.08. The highest BCUT2D eigenvalue weighted by atomic mass is 32.2. The van der Waals surface area contributed by atoms with Gasteiger partial charge in [-0.15, -0.1) is 0 Å². The molecule has 3 aromatic rings. The summed E-state index contributed by atoms with van der Waals surface area (Å²) in [5.74, 6) is 0.759. The first-order valence-corrected chi connectivity index (χ1v) is 10.5. The smallest absolute Gasteiger partial charge is 0.340 e. The van der Waals surface area contributed by atoms with E-state index in [1.165, 1.54) is 16.9 Å². The van der Waals surface area contributed by atoms with Crippen molar-refractivity contribution in [3.8, 4) is 0 Å². The van der Waals surface area contributed by atoms with Crippen LogP contribution in [-0.4, -0.2) is 13.4 Å². The molecule has 0 saturated heterocycles. The zero-order valence-electron chi connectivity index (χ0n) is 16.5. The van der Waals surface area contributed by atoms with E-state index in [-0.39, 0.29) is 4.90 Å². The average Bonchev–Trinajstić information content (AvgIpc) is 2.71. The molecular formula is C21H23N4O3S+. The number of para-hydroxylation sites is 2. The van der Waals surface area contributed by atoms with Gasteiger partial charge in [-0.25, -0.2) is 10.3 Å². The van der Waals surface area contributed by atoms with E-state index in [9.17, 15) is 8.42 Å². The van der Waals surface area contributed by atoms with Gasteiger partial charge < -0.3 is 5.32 Å². The molecule has 0 atom stereocenters. The van der Waals surface area contributed by atoms with Gasteiger partial charge >= 0.3 is 15.9 Å². The summed E-state index contributed by atoms with van der Waals surface area (Å²) in [5.41, 5.74) is 2.03. The lowest BCUT2D eigenvalue weighted by Gasteiger charge is -2.12. The molecular weight excluding hydrogens is 388 g/mol. The van der Waals surface area contributed by atoms with E-state index in [0.29, 0.717) is 22.7 Å². The summed E-state index contributed by atoms with van der Waals surface area (Å²) in [6, 6.07) is 13.6. The minimum absolute atomic E-state index is 0.0661. The number of aryl methyl sites for hydroxylation is 1. The Morgan fingerprint density at radius 3 is 2.31 bits per heavy atom. The van der Waals surface area contributed by atoms with Gasteiger partial charge in [-0.05, 0) is 62.0 Å². The number of aromatic nitrogens is 2. The number of rotatable bonds is 7. The molecule has 1 heterocycles. The Bertz CT molecular complexity index is 1170. The van der Waals surface area contributed by atoms with Crippen molar-refractivity contribution in [2.45, 2.75) is 25.7 Å². The van der Waals surface area contributed by atoms with Gasteiger partial charge in [-0.2, -0.15) is 12.7 Å². The maximum Gasteiger partial charge on any atom is 0.376 e. The number of hydrogen-bond acceptors (Lipinski definition) is 6. The van der Waals surface area contributed by atoms with E-state index in [2.05, 4.69) is 15.6 Å². The third-order valence-electron chi connectivity index (χ3n) is 4.02. The minimum atomic E-state index is -4.08. The van der Waals surface area contributed by atoms with Crippen molar-refractivity contribution in [1.82, 2.24) is 4.98 Å². The van der Waals surface area contributed by atoms with Gasteiger partial charge in [0.1, 0.15) is 10.4 Å². The Balaban J connectivity index is 2.21. The van der Waals surface area contributed by atoms with Crippen LogP contribution >= 0.6 is 0 Å². The second-order valence-corrected chi connectivity index (χ2v) is 7.75. The third-order valence-corrected chi connectivity index (χ3v) is 5.21. The van der Waals surface area contributed by atoms with E-state index in [1.807, 2.05) is 32.9 Å². The number of benzene rings is 2. The first kappa shape index (κ1) is 20.3. The summed E-state index contributed by atoms with van der Waals surface area (Å²) < 4.78 is 32.7. The zero-order chi connectivity index (χ0) is 20.9. The summed E-state index contributed by atoms with van der Waals surface area (Å²) in [5, 5.41) is 6.10. The number of nitrogens with one attached hydrogen (secondary N) is 2. The van der Waals surface area contributed by atoms with Crippen LogP contribution in [0.1, 0.15) is 19.4 Å². The van der Waals surface area contributed by atoms with E-state index >= 15 is 0 Å². The first-order chi connectivity index (χ1) is 14.0. The van der Waals surface area contributed by atoms with Crippen LogP contribution in [-0.2, 0) is 10.1 Å². The van der Waals surface area contributed by atoms with Crippen LogP contribution in [0.4, 0.5) is 11.6 Å². The normalized spacial score (nSPS) is 12.0. The largest absolute Gasteiger partial charge is 0.376 e. The van der Waals surface area contributed by atoms with Gasteiger partial charge in [0.15, 0.2) is 0 Å². The molecule has 150 valence electrons. The van der Waals surface area contributed by atoms with Crippen LogP contribution < -0.4 is 19.6 Å². The van der Waals surface area contributed by atoms with Crippen LogP contribution in [0.2, 0.25) is 0 Å². The number of hydrogen-bond donors (Lipinski definition) is 2. The molecule has 0 fully saturated rings. The summed E-state index contributed by atoms with van der Waals surface area (Å²) in [4.78, 5) is 4.65. The Labute approximate surface area is 170 Å². The molecule has 1 aromatic heterocycles. The van der Waals surface area contributed by atoms with Gasteiger partial charge in [0.2, 0.25) is 11.3 Å².